The summed E-state index contributed by atoms with van der Waals surface area (Å²) in [4.78, 5) is 21.7. The minimum Gasteiger partial charge on any atom is -0.449 e. The van der Waals surface area contributed by atoms with E-state index in [4.69, 9.17) is 10.5 Å². The Hall–Kier alpha value is -1.26. The van der Waals surface area contributed by atoms with Crippen LogP contribution < -0.4 is 11.1 Å². The molecule has 0 heterocycles. The molecule has 1 aliphatic rings. The Morgan fingerprint density at radius 3 is 2.38 bits per heavy atom. The third kappa shape index (κ3) is 5.58. The van der Waals surface area contributed by atoms with Crippen molar-refractivity contribution in [3.05, 3.63) is 0 Å². The van der Waals surface area contributed by atoms with Gasteiger partial charge in [0, 0.05) is 6.04 Å². The molecule has 5 nitrogen and oxygen atoms in total. The second kappa shape index (κ2) is 7.09. The van der Waals surface area contributed by atoms with Gasteiger partial charge in [-0.05, 0) is 12.8 Å². The van der Waals surface area contributed by atoms with Crippen molar-refractivity contribution < 1.29 is 14.3 Å². The molecule has 0 aromatic carbocycles. The Labute approximate surface area is 95.7 Å². The van der Waals surface area contributed by atoms with Gasteiger partial charge in [-0.1, -0.05) is 25.7 Å². The van der Waals surface area contributed by atoms with Crippen LogP contribution in [-0.2, 0) is 9.53 Å². The fourth-order valence-corrected chi connectivity index (χ4v) is 1.88. The number of alkyl carbamates (subject to hydrolysis) is 1. The van der Waals surface area contributed by atoms with Crippen molar-refractivity contribution in [2.24, 2.45) is 5.73 Å². The van der Waals surface area contributed by atoms with Gasteiger partial charge < -0.3 is 15.8 Å². The average molecular weight is 228 g/mol. The first kappa shape index (κ1) is 12.8. The van der Waals surface area contributed by atoms with Crippen LogP contribution in [0.4, 0.5) is 4.79 Å². The highest BCUT2D eigenvalue weighted by Gasteiger charge is 2.15. The SMILES string of the molecule is NC(=O)CCOC(=O)NC1CCCCCC1. The molecular formula is C11H20N2O3. The van der Waals surface area contributed by atoms with Gasteiger partial charge in [0.2, 0.25) is 5.91 Å². The summed E-state index contributed by atoms with van der Waals surface area (Å²) < 4.78 is 4.85. The van der Waals surface area contributed by atoms with Crippen molar-refractivity contribution in [1.82, 2.24) is 5.32 Å². The molecule has 1 saturated carbocycles. The van der Waals surface area contributed by atoms with E-state index in [0.717, 1.165) is 25.7 Å². The van der Waals surface area contributed by atoms with Crippen molar-refractivity contribution in [2.45, 2.75) is 51.0 Å². The molecule has 1 fully saturated rings. The van der Waals surface area contributed by atoms with Gasteiger partial charge >= 0.3 is 6.09 Å². The van der Waals surface area contributed by atoms with Gasteiger partial charge in [-0.3, -0.25) is 4.79 Å². The summed E-state index contributed by atoms with van der Waals surface area (Å²) in [5.74, 6) is -0.456. The molecule has 0 aromatic rings. The predicted molar refractivity (Wildman–Crippen MR) is 59.8 cm³/mol. The van der Waals surface area contributed by atoms with E-state index in [0.29, 0.717) is 0 Å². The van der Waals surface area contributed by atoms with Crippen molar-refractivity contribution in [3.8, 4) is 0 Å². The first-order chi connectivity index (χ1) is 7.68. The van der Waals surface area contributed by atoms with E-state index in [9.17, 15) is 9.59 Å². The van der Waals surface area contributed by atoms with Crippen LogP contribution >= 0.6 is 0 Å². The Morgan fingerprint density at radius 2 is 1.81 bits per heavy atom. The molecule has 2 amide bonds. The summed E-state index contributed by atoms with van der Waals surface area (Å²) in [7, 11) is 0. The lowest BCUT2D eigenvalue weighted by Crippen LogP contribution is -2.35. The van der Waals surface area contributed by atoms with Gasteiger partial charge in [-0.15, -0.1) is 0 Å². The molecular weight excluding hydrogens is 208 g/mol. The third-order valence-electron chi connectivity index (χ3n) is 2.76. The molecule has 0 saturated heterocycles. The fourth-order valence-electron chi connectivity index (χ4n) is 1.88. The zero-order valence-corrected chi connectivity index (χ0v) is 9.54. The van der Waals surface area contributed by atoms with Gasteiger partial charge in [-0.25, -0.2) is 4.79 Å². The number of amides is 2. The maximum atomic E-state index is 11.3. The van der Waals surface area contributed by atoms with E-state index in [1.165, 1.54) is 12.8 Å². The van der Waals surface area contributed by atoms with Crippen LogP contribution in [0.1, 0.15) is 44.9 Å². The van der Waals surface area contributed by atoms with Crippen LogP contribution in [0.3, 0.4) is 0 Å². The zero-order chi connectivity index (χ0) is 11.8. The molecule has 0 radical (unpaired) electrons. The number of hydrogen-bond acceptors (Lipinski definition) is 3. The maximum Gasteiger partial charge on any atom is 0.407 e. The van der Waals surface area contributed by atoms with Crippen LogP contribution in [-0.4, -0.2) is 24.6 Å². The molecule has 5 heteroatoms. The summed E-state index contributed by atoms with van der Waals surface area (Å²) in [6.45, 7) is 0.0634. The van der Waals surface area contributed by atoms with E-state index >= 15 is 0 Å². The summed E-state index contributed by atoms with van der Waals surface area (Å²) in [6.07, 6.45) is 6.49. The van der Waals surface area contributed by atoms with Crippen molar-refractivity contribution in [1.29, 1.82) is 0 Å². The molecule has 0 unspecified atom stereocenters. The summed E-state index contributed by atoms with van der Waals surface area (Å²) in [5.41, 5.74) is 4.93. The topological polar surface area (TPSA) is 81.4 Å². The molecule has 3 N–H and O–H groups in total. The van der Waals surface area contributed by atoms with Gasteiger partial charge in [0.15, 0.2) is 0 Å². The van der Waals surface area contributed by atoms with E-state index < -0.39 is 12.0 Å². The van der Waals surface area contributed by atoms with Gasteiger partial charge in [0.25, 0.3) is 0 Å². The largest absolute Gasteiger partial charge is 0.449 e. The van der Waals surface area contributed by atoms with E-state index in [-0.39, 0.29) is 19.1 Å². The number of nitrogens with one attached hydrogen (secondary N) is 1. The molecule has 0 atom stereocenters. The molecule has 92 valence electrons. The Bertz CT molecular complexity index is 235. The van der Waals surface area contributed by atoms with E-state index in [2.05, 4.69) is 5.32 Å². The van der Waals surface area contributed by atoms with E-state index in [1.807, 2.05) is 0 Å². The molecule has 0 aliphatic heterocycles. The fraction of sp³-hybridized carbons (Fsp3) is 0.818. The maximum absolute atomic E-state index is 11.3. The van der Waals surface area contributed by atoms with Crippen LogP contribution in [0.5, 0.6) is 0 Å². The van der Waals surface area contributed by atoms with Crippen molar-refractivity contribution in [3.63, 3.8) is 0 Å². The van der Waals surface area contributed by atoms with Crippen molar-refractivity contribution in [2.75, 3.05) is 6.61 Å². The van der Waals surface area contributed by atoms with E-state index in [1.54, 1.807) is 0 Å². The number of carbonyl (C=O) groups excluding carboxylic acids is 2. The molecule has 0 bridgehead atoms. The highest BCUT2D eigenvalue weighted by molar-refractivity contribution is 5.74. The Morgan fingerprint density at radius 1 is 1.19 bits per heavy atom. The monoisotopic (exact) mass is 228 g/mol. The van der Waals surface area contributed by atoms with Crippen LogP contribution in [0.2, 0.25) is 0 Å². The lowest BCUT2D eigenvalue weighted by Gasteiger charge is -2.15. The molecule has 0 spiro atoms. The van der Waals surface area contributed by atoms with Crippen LogP contribution in [0.25, 0.3) is 0 Å². The highest BCUT2D eigenvalue weighted by atomic mass is 16.5. The molecule has 0 aromatic heterocycles. The summed E-state index contributed by atoms with van der Waals surface area (Å²) in [5, 5.41) is 2.82. The second-order valence-electron chi connectivity index (χ2n) is 4.19. The van der Waals surface area contributed by atoms with Gasteiger partial charge in [0.1, 0.15) is 6.61 Å². The average Bonchev–Trinajstić information content (AvgIpc) is 2.45. The first-order valence-electron chi connectivity index (χ1n) is 5.90. The number of hydrogen-bond donors (Lipinski definition) is 2. The number of nitrogens with two attached hydrogens (primary N) is 1. The standard InChI is InChI=1S/C11H20N2O3/c12-10(14)7-8-16-11(15)13-9-5-3-1-2-4-6-9/h9H,1-8H2,(H2,12,14)(H,13,15). The Balaban J connectivity index is 2.14. The molecule has 1 aliphatic carbocycles. The Kier molecular flexibility index (Phi) is 5.67. The van der Waals surface area contributed by atoms with Crippen LogP contribution in [0.15, 0.2) is 0 Å². The number of primary amides is 1. The summed E-state index contributed by atoms with van der Waals surface area (Å²) in [6, 6.07) is 0.226. The highest BCUT2D eigenvalue weighted by Crippen LogP contribution is 2.17. The summed E-state index contributed by atoms with van der Waals surface area (Å²) >= 11 is 0. The van der Waals surface area contributed by atoms with Crippen LogP contribution in [0, 0.1) is 0 Å². The third-order valence-corrected chi connectivity index (χ3v) is 2.76. The molecule has 16 heavy (non-hydrogen) atoms. The lowest BCUT2D eigenvalue weighted by molar-refractivity contribution is -0.118. The van der Waals surface area contributed by atoms with Crippen molar-refractivity contribution >= 4 is 12.0 Å². The zero-order valence-electron chi connectivity index (χ0n) is 9.54. The normalized spacial score (nSPS) is 17.5. The lowest BCUT2D eigenvalue weighted by atomic mass is 10.1. The molecule has 1 rings (SSSR count). The van der Waals surface area contributed by atoms with Gasteiger partial charge in [-0.2, -0.15) is 0 Å². The number of rotatable bonds is 4. The quantitative estimate of drug-likeness (QED) is 0.712. The second-order valence-corrected chi connectivity index (χ2v) is 4.19. The number of carbonyl (C=O) groups is 2. The first-order valence-corrected chi connectivity index (χ1v) is 5.90. The smallest absolute Gasteiger partial charge is 0.407 e. The number of ether oxygens (including phenoxy) is 1. The minimum atomic E-state index is -0.456. The predicted octanol–water partition coefficient (Wildman–Crippen LogP) is 1.31. The van der Waals surface area contributed by atoms with Gasteiger partial charge in [0.05, 0.1) is 6.42 Å². The minimum absolute atomic E-state index is 0.0634.